The molecule has 2 aromatic rings. The second-order valence-electron chi connectivity index (χ2n) is 5.38. The molecule has 0 aliphatic heterocycles. The molecule has 1 aromatic carbocycles. The average molecular weight is 292 g/mol. The third-order valence-electron chi connectivity index (χ3n) is 3.86. The van der Waals surface area contributed by atoms with Crippen LogP contribution in [0.15, 0.2) is 24.3 Å². The van der Waals surface area contributed by atoms with Crippen LogP contribution in [-0.2, 0) is 6.54 Å². The van der Waals surface area contributed by atoms with E-state index in [1.807, 2.05) is 22.9 Å². The summed E-state index contributed by atoms with van der Waals surface area (Å²) in [6, 6.07) is 8.67. The zero-order chi connectivity index (χ0) is 14.1. The highest BCUT2D eigenvalue weighted by atomic mass is 35.5. The number of hydrogen-bond donors (Lipinski definition) is 0. The van der Waals surface area contributed by atoms with Crippen LogP contribution < -0.4 is 0 Å². The van der Waals surface area contributed by atoms with Gasteiger partial charge in [0.05, 0.1) is 12.6 Å². The van der Waals surface area contributed by atoms with Crippen LogP contribution in [0.25, 0.3) is 0 Å². The van der Waals surface area contributed by atoms with Gasteiger partial charge in [-0.25, -0.2) is 4.68 Å². The van der Waals surface area contributed by atoms with Crippen LogP contribution in [0.3, 0.4) is 0 Å². The van der Waals surface area contributed by atoms with Crippen LogP contribution in [-0.4, -0.2) is 32.2 Å². The van der Waals surface area contributed by atoms with Gasteiger partial charge in [-0.3, -0.25) is 4.90 Å². The van der Waals surface area contributed by atoms with Gasteiger partial charge in [-0.1, -0.05) is 29.8 Å². The Morgan fingerprint density at radius 3 is 2.85 bits per heavy atom. The first-order valence-corrected chi connectivity index (χ1v) is 7.26. The van der Waals surface area contributed by atoms with Crippen molar-refractivity contribution in [3.05, 3.63) is 40.7 Å². The lowest BCUT2D eigenvalue weighted by atomic mass is 10.1. The van der Waals surface area contributed by atoms with E-state index in [2.05, 4.69) is 40.5 Å². The van der Waals surface area contributed by atoms with Gasteiger partial charge in [-0.15, -0.1) is 5.10 Å². The van der Waals surface area contributed by atoms with Crippen molar-refractivity contribution in [1.82, 2.24) is 25.1 Å². The van der Waals surface area contributed by atoms with E-state index in [1.54, 1.807) is 0 Å². The zero-order valence-electron chi connectivity index (χ0n) is 11.7. The lowest BCUT2D eigenvalue weighted by Gasteiger charge is -2.25. The number of nitrogens with zero attached hydrogens (tertiary/aromatic N) is 5. The van der Waals surface area contributed by atoms with Gasteiger partial charge in [0, 0.05) is 11.1 Å². The molecule has 0 spiro atoms. The van der Waals surface area contributed by atoms with E-state index in [4.69, 9.17) is 11.6 Å². The Balaban J connectivity index is 1.74. The minimum absolute atomic E-state index is 0.216. The molecule has 0 radical (unpaired) electrons. The molecule has 0 amide bonds. The standard InChI is InChI=1S/C14H18ClN5/c1-10(12-5-3-4-6-13(12)15)19(2)9-14-16-17-18-20(14)11-7-8-11/h3-6,10-11H,7-9H2,1-2H3. The largest absolute Gasteiger partial charge is 0.292 e. The summed E-state index contributed by atoms with van der Waals surface area (Å²) in [5.74, 6) is 0.925. The highest BCUT2D eigenvalue weighted by Gasteiger charge is 2.28. The maximum absolute atomic E-state index is 6.26. The van der Waals surface area contributed by atoms with Crippen LogP contribution in [0.1, 0.15) is 43.2 Å². The van der Waals surface area contributed by atoms with Gasteiger partial charge in [0.2, 0.25) is 0 Å². The van der Waals surface area contributed by atoms with Crippen molar-refractivity contribution < 1.29 is 0 Å². The molecule has 5 nitrogen and oxygen atoms in total. The Hall–Kier alpha value is -1.46. The van der Waals surface area contributed by atoms with Crippen molar-refractivity contribution in [3.63, 3.8) is 0 Å². The molecule has 0 N–H and O–H groups in total. The molecule has 1 aliphatic carbocycles. The number of halogens is 1. The molecule has 1 fully saturated rings. The van der Waals surface area contributed by atoms with E-state index in [-0.39, 0.29) is 6.04 Å². The van der Waals surface area contributed by atoms with E-state index in [0.29, 0.717) is 6.04 Å². The fourth-order valence-electron chi connectivity index (χ4n) is 2.33. The summed E-state index contributed by atoms with van der Waals surface area (Å²) in [5, 5.41) is 12.8. The Morgan fingerprint density at radius 1 is 1.40 bits per heavy atom. The van der Waals surface area contributed by atoms with Gasteiger partial charge >= 0.3 is 0 Å². The fraction of sp³-hybridized carbons (Fsp3) is 0.500. The van der Waals surface area contributed by atoms with Crippen molar-refractivity contribution >= 4 is 11.6 Å². The maximum atomic E-state index is 6.26. The average Bonchev–Trinajstić information content (AvgIpc) is 3.19. The van der Waals surface area contributed by atoms with Crippen molar-refractivity contribution in [1.29, 1.82) is 0 Å². The van der Waals surface area contributed by atoms with E-state index >= 15 is 0 Å². The number of rotatable bonds is 5. The summed E-state index contributed by atoms with van der Waals surface area (Å²) in [4.78, 5) is 2.21. The summed E-state index contributed by atoms with van der Waals surface area (Å²) in [6.07, 6.45) is 2.36. The zero-order valence-corrected chi connectivity index (χ0v) is 12.5. The van der Waals surface area contributed by atoms with Gasteiger partial charge in [0.1, 0.15) is 0 Å². The van der Waals surface area contributed by atoms with E-state index in [9.17, 15) is 0 Å². The third-order valence-corrected chi connectivity index (χ3v) is 4.21. The van der Waals surface area contributed by atoms with Crippen LogP contribution in [0, 0.1) is 0 Å². The Morgan fingerprint density at radius 2 is 2.15 bits per heavy atom. The van der Waals surface area contributed by atoms with E-state index in [0.717, 1.165) is 23.0 Å². The smallest absolute Gasteiger partial charge is 0.165 e. The highest BCUT2D eigenvalue weighted by molar-refractivity contribution is 6.31. The Labute approximate surface area is 123 Å². The SMILES string of the molecule is CC(c1ccccc1Cl)N(C)Cc1nnnn1C1CC1. The van der Waals surface area contributed by atoms with Gasteiger partial charge in [0.15, 0.2) is 5.82 Å². The van der Waals surface area contributed by atoms with Crippen LogP contribution >= 0.6 is 11.6 Å². The summed E-state index contributed by atoms with van der Waals surface area (Å²) in [7, 11) is 2.07. The van der Waals surface area contributed by atoms with E-state index in [1.165, 1.54) is 12.8 Å². The summed E-state index contributed by atoms with van der Waals surface area (Å²) in [6.45, 7) is 2.86. The topological polar surface area (TPSA) is 46.8 Å². The molecule has 6 heteroatoms. The minimum atomic E-state index is 0.216. The molecule has 1 atom stereocenters. The molecule has 106 valence electrons. The number of benzene rings is 1. The molecular formula is C14H18ClN5. The monoisotopic (exact) mass is 291 g/mol. The fourth-order valence-corrected chi connectivity index (χ4v) is 2.62. The predicted molar refractivity (Wildman–Crippen MR) is 77.4 cm³/mol. The molecule has 20 heavy (non-hydrogen) atoms. The predicted octanol–water partition coefficient (Wildman–Crippen LogP) is 2.85. The minimum Gasteiger partial charge on any atom is -0.292 e. The van der Waals surface area contributed by atoms with Crippen LogP contribution in [0.5, 0.6) is 0 Å². The van der Waals surface area contributed by atoms with Gasteiger partial charge in [-0.05, 0) is 48.9 Å². The molecule has 1 aromatic heterocycles. The molecule has 1 unspecified atom stereocenters. The molecule has 0 saturated heterocycles. The molecule has 1 heterocycles. The maximum Gasteiger partial charge on any atom is 0.165 e. The van der Waals surface area contributed by atoms with Crippen molar-refractivity contribution in [2.24, 2.45) is 0 Å². The first-order valence-electron chi connectivity index (χ1n) is 6.88. The van der Waals surface area contributed by atoms with Gasteiger partial charge in [-0.2, -0.15) is 0 Å². The molecule has 3 rings (SSSR count). The summed E-state index contributed by atoms with van der Waals surface area (Å²) in [5.41, 5.74) is 1.13. The molecule has 1 saturated carbocycles. The first kappa shape index (κ1) is 13.5. The van der Waals surface area contributed by atoms with Crippen LogP contribution in [0.4, 0.5) is 0 Å². The first-order chi connectivity index (χ1) is 9.66. The molecule has 1 aliphatic rings. The number of tetrazole rings is 1. The van der Waals surface area contributed by atoms with Crippen molar-refractivity contribution in [3.8, 4) is 0 Å². The lowest BCUT2D eigenvalue weighted by molar-refractivity contribution is 0.242. The number of aromatic nitrogens is 4. The highest BCUT2D eigenvalue weighted by Crippen LogP contribution is 2.35. The van der Waals surface area contributed by atoms with Crippen molar-refractivity contribution in [2.75, 3.05) is 7.05 Å². The lowest BCUT2D eigenvalue weighted by Crippen LogP contribution is -2.24. The quantitative estimate of drug-likeness (QED) is 0.850. The summed E-state index contributed by atoms with van der Waals surface area (Å²) >= 11 is 6.26. The van der Waals surface area contributed by atoms with Gasteiger partial charge in [0.25, 0.3) is 0 Å². The van der Waals surface area contributed by atoms with Crippen LogP contribution in [0.2, 0.25) is 5.02 Å². The molecule has 0 bridgehead atoms. The third kappa shape index (κ3) is 2.69. The second kappa shape index (κ2) is 5.50. The Bertz CT molecular complexity index is 593. The molecular weight excluding hydrogens is 274 g/mol. The van der Waals surface area contributed by atoms with Gasteiger partial charge < -0.3 is 0 Å². The normalized spacial score (nSPS) is 16.6. The number of hydrogen-bond acceptors (Lipinski definition) is 4. The van der Waals surface area contributed by atoms with Crippen molar-refractivity contribution in [2.45, 2.75) is 38.4 Å². The Kier molecular flexibility index (Phi) is 3.72. The second-order valence-corrected chi connectivity index (χ2v) is 5.79. The van der Waals surface area contributed by atoms with E-state index < -0.39 is 0 Å². The summed E-state index contributed by atoms with van der Waals surface area (Å²) < 4.78 is 1.95.